The number of nitrogens with one attached hydrogen (secondary N) is 2. The molecular weight excluding hydrogens is 337 g/mol. The lowest BCUT2D eigenvalue weighted by atomic mass is 9.91. The van der Waals surface area contributed by atoms with Crippen molar-refractivity contribution in [2.45, 2.75) is 32.1 Å². The second kappa shape index (κ2) is 8.84. The highest BCUT2D eigenvalue weighted by Crippen LogP contribution is 2.24. The molecule has 2 rings (SSSR count). The fourth-order valence-corrected chi connectivity index (χ4v) is 2.99. The van der Waals surface area contributed by atoms with Crippen molar-refractivity contribution in [3.05, 3.63) is 29.0 Å². The molecule has 24 heavy (non-hydrogen) atoms. The molecule has 0 bridgehead atoms. The highest BCUT2D eigenvalue weighted by molar-refractivity contribution is 6.31. The molecule has 0 spiro atoms. The highest BCUT2D eigenvalue weighted by Gasteiger charge is 2.22. The predicted molar refractivity (Wildman–Crippen MR) is 88.5 cm³/mol. The van der Waals surface area contributed by atoms with Gasteiger partial charge in [0.1, 0.15) is 5.82 Å². The monoisotopic (exact) mass is 357 g/mol. The maximum atomic E-state index is 13.1. The maximum absolute atomic E-state index is 13.1. The van der Waals surface area contributed by atoms with Crippen molar-refractivity contribution < 1.29 is 19.2 Å². The zero-order chi connectivity index (χ0) is 17.5. The van der Waals surface area contributed by atoms with E-state index in [0.29, 0.717) is 31.1 Å². The summed E-state index contributed by atoms with van der Waals surface area (Å²) in [4.78, 5) is 24.9. The summed E-state index contributed by atoms with van der Waals surface area (Å²) >= 11 is 5.70. The summed E-state index contributed by atoms with van der Waals surface area (Å²) in [5.41, 5.74) is 2.08. The van der Waals surface area contributed by atoms with Crippen LogP contribution in [0.3, 0.4) is 0 Å². The van der Waals surface area contributed by atoms with Crippen molar-refractivity contribution in [2.24, 2.45) is 5.92 Å². The quantitative estimate of drug-likeness (QED) is 0.558. The maximum Gasteiger partial charge on any atom is 0.321 e. The van der Waals surface area contributed by atoms with E-state index >= 15 is 0 Å². The summed E-state index contributed by atoms with van der Waals surface area (Å²) < 4.78 is 13.1. The molecule has 1 aliphatic rings. The van der Waals surface area contributed by atoms with E-state index < -0.39 is 5.82 Å². The fraction of sp³-hybridized carbons (Fsp3) is 0.500. The highest BCUT2D eigenvalue weighted by atomic mass is 35.5. The van der Waals surface area contributed by atoms with E-state index in [1.165, 1.54) is 18.2 Å². The van der Waals surface area contributed by atoms with E-state index in [9.17, 15) is 14.0 Å². The van der Waals surface area contributed by atoms with Gasteiger partial charge in [-0.25, -0.2) is 14.7 Å². The van der Waals surface area contributed by atoms with E-state index in [0.717, 1.165) is 25.7 Å². The Labute approximate surface area is 144 Å². The van der Waals surface area contributed by atoms with Gasteiger partial charge < -0.3 is 10.2 Å². The summed E-state index contributed by atoms with van der Waals surface area (Å²) in [7, 11) is 0. The fourth-order valence-electron chi connectivity index (χ4n) is 2.81. The lowest BCUT2D eigenvalue weighted by molar-refractivity contribution is -0.129. The minimum Gasteiger partial charge on any atom is -0.325 e. The van der Waals surface area contributed by atoms with Crippen LogP contribution in [0.4, 0.5) is 14.9 Å². The molecule has 0 radical (unpaired) electrons. The minimum absolute atomic E-state index is 0.0292. The van der Waals surface area contributed by atoms with Crippen LogP contribution in [0.15, 0.2) is 18.2 Å². The first-order chi connectivity index (χ1) is 11.5. The van der Waals surface area contributed by atoms with Crippen molar-refractivity contribution in [3.8, 4) is 0 Å². The van der Waals surface area contributed by atoms with Crippen LogP contribution in [0.2, 0.25) is 5.02 Å². The molecule has 0 atom stereocenters. The summed E-state index contributed by atoms with van der Waals surface area (Å²) in [6.07, 6.45) is 3.67. The first kappa shape index (κ1) is 18.5. The van der Waals surface area contributed by atoms with Gasteiger partial charge in [0.05, 0.1) is 5.02 Å². The first-order valence-corrected chi connectivity index (χ1v) is 8.31. The summed E-state index contributed by atoms with van der Waals surface area (Å²) in [6, 6.07) is 3.84. The Hall–Kier alpha value is -1.86. The van der Waals surface area contributed by atoms with Crippen LogP contribution in [-0.4, -0.2) is 35.1 Å². The molecule has 6 nitrogen and oxygen atoms in total. The van der Waals surface area contributed by atoms with Crippen LogP contribution in [0, 0.1) is 11.7 Å². The number of hydrogen-bond donors (Lipinski definition) is 3. The Morgan fingerprint density at radius 1 is 1.33 bits per heavy atom. The van der Waals surface area contributed by atoms with E-state index in [2.05, 4.69) is 5.32 Å². The number of rotatable bonds is 5. The van der Waals surface area contributed by atoms with E-state index in [1.807, 2.05) is 0 Å². The molecule has 1 fully saturated rings. The third-order valence-electron chi connectivity index (χ3n) is 4.21. The van der Waals surface area contributed by atoms with E-state index in [4.69, 9.17) is 16.8 Å². The number of anilines is 1. The number of amides is 3. The number of hydrogen-bond acceptors (Lipinski definition) is 3. The van der Waals surface area contributed by atoms with Gasteiger partial charge >= 0.3 is 6.03 Å². The molecular formula is C16H21ClFN3O3. The normalized spacial score (nSPS) is 15.2. The smallest absolute Gasteiger partial charge is 0.321 e. The van der Waals surface area contributed by atoms with Crippen LogP contribution < -0.4 is 10.8 Å². The topological polar surface area (TPSA) is 81.7 Å². The Balaban J connectivity index is 1.74. The Kier molecular flexibility index (Phi) is 6.81. The zero-order valence-corrected chi connectivity index (χ0v) is 14.0. The van der Waals surface area contributed by atoms with Crippen LogP contribution in [-0.2, 0) is 4.79 Å². The van der Waals surface area contributed by atoms with Gasteiger partial charge in [0.15, 0.2) is 0 Å². The Morgan fingerprint density at radius 3 is 2.67 bits per heavy atom. The lowest BCUT2D eigenvalue weighted by Gasteiger charge is -2.32. The SMILES string of the molecule is O=C(CCCC1CCN(C(=O)Nc2ccc(F)c(Cl)c2)CC1)NO. The number of hydroxylamine groups is 1. The summed E-state index contributed by atoms with van der Waals surface area (Å²) in [5, 5.41) is 11.1. The molecule has 0 aliphatic carbocycles. The van der Waals surface area contributed by atoms with Crippen LogP contribution >= 0.6 is 11.6 Å². The molecule has 0 aromatic heterocycles. The summed E-state index contributed by atoms with van der Waals surface area (Å²) in [6.45, 7) is 1.27. The number of piperidine rings is 1. The van der Waals surface area contributed by atoms with Gasteiger partial charge in [0, 0.05) is 25.2 Å². The number of nitrogens with zero attached hydrogens (tertiary/aromatic N) is 1. The molecule has 8 heteroatoms. The molecule has 0 unspecified atom stereocenters. The summed E-state index contributed by atoms with van der Waals surface area (Å²) in [5.74, 6) is -0.420. The number of carbonyl (C=O) groups is 2. The molecule has 1 aromatic rings. The number of halogens is 2. The van der Waals surface area contributed by atoms with Gasteiger partial charge in [-0.3, -0.25) is 10.0 Å². The second-order valence-electron chi connectivity index (χ2n) is 5.92. The largest absolute Gasteiger partial charge is 0.325 e. The molecule has 132 valence electrons. The van der Waals surface area contributed by atoms with Gasteiger partial charge in [-0.15, -0.1) is 0 Å². The Bertz CT molecular complexity index is 592. The first-order valence-electron chi connectivity index (χ1n) is 7.93. The Morgan fingerprint density at radius 2 is 2.04 bits per heavy atom. The van der Waals surface area contributed by atoms with E-state index in [1.54, 1.807) is 10.4 Å². The predicted octanol–water partition coefficient (Wildman–Crippen LogP) is 3.40. The molecule has 1 aliphatic heterocycles. The number of urea groups is 1. The third-order valence-corrected chi connectivity index (χ3v) is 4.50. The van der Waals surface area contributed by atoms with Crippen LogP contribution in [0.5, 0.6) is 0 Å². The molecule has 3 N–H and O–H groups in total. The molecule has 0 saturated carbocycles. The number of carbonyl (C=O) groups excluding carboxylic acids is 2. The third kappa shape index (κ3) is 5.35. The van der Waals surface area contributed by atoms with Crippen molar-refractivity contribution in [2.75, 3.05) is 18.4 Å². The molecule has 1 heterocycles. The van der Waals surface area contributed by atoms with Crippen molar-refractivity contribution >= 4 is 29.2 Å². The van der Waals surface area contributed by atoms with Gasteiger partial charge in [-0.2, -0.15) is 0 Å². The minimum atomic E-state index is -0.523. The van der Waals surface area contributed by atoms with E-state index in [-0.39, 0.29) is 17.0 Å². The van der Waals surface area contributed by atoms with Crippen molar-refractivity contribution in [1.29, 1.82) is 0 Å². The molecule has 3 amide bonds. The molecule has 1 saturated heterocycles. The van der Waals surface area contributed by atoms with Gasteiger partial charge in [-0.1, -0.05) is 11.6 Å². The van der Waals surface area contributed by atoms with Crippen LogP contribution in [0.25, 0.3) is 0 Å². The zero-order valence-electron chi connectivity index (χ0n) is 13.2. The lowest BCUT2D eigenvalue weighted by Crippen LogP contribution is -2.41. The number of likely N-dealkylation sites (tertiary alicyclic amines) is 1. The average molecular weight is 358 g/mol. The van der Waals surface area contributed by atoms with Gasteiger partial charge in [-0.05, 0) is 49.8 Å². The number of benzene rings is 1. The standard InChI is InChI=1S/C16H21ClFN3O3/c17-13-10-12(4-5-14(13)18)19-16(23)21-8-6-11(7-9-21)2-1-3-15(22)20-24/h4-5,10-11,24H,1-3,6-9H2,(H,19,23)(H,20,22). The van der Waals surface area contributed by atoms with Crippen LogP contribution in [0.1, 0.15) is 32.1 Å². The second-order valence-corrected chi connectivity index (χ2v) is 6.32. The van der Waals surface area contributed by atoms with Gasteiger partial charge in [0.25, 0.3) is 0 Å². The molecule has 1 aromatic carbocycles. The van der Waals surface area contributed by atoms with Crippen molar-refractivity contribution in [3.63, 3.8) is 0 Å². The van der Waals surface area contributed by atoms with Crippen molar-refractivity contribution in [1.82, 2.24) is 10.4 Å². The average Bonchev–Trinajstić information content (AvgIpc) is 2.58. The van der Waals surface area contributed by atoms with Gasteiger partial charge in [0.2, 0.25) is 5.91 Å².